The number of piperazine rings is 1. The summed E-state index contributed by atoms with van der Waals surface area (Å²) in [5, 5.41) is 11.6. The second-order valence-electron chi connectivity index (χ2n) is 12.3. The van der Waals surface area contributed by atoms with Gasteiger partial charge in [-0.3, -0.25) is 4.90 Å². The third-order valence-corrected chi connectivity index (χ3v) is 7.80. The van der Waals surface area contributed by atoms with Gasteiger partial charge in [0.15, 0.2) is 0 Å². The van der Waals surface area contributed by atoms with E-state index in [1.54, 1.807) is 0 Å². The number of hydrogen-bond donors (Lipinski definition) is 1. The Morgan fingerprint density at radius 3 is 2.10 bits per heavy atom. The van der Waals surface area contributed by atoms with Gasteiger partial charge in [0.1, 0.15) is 11.4 Å². The minimum Gasteiger partial charge on any atom is -0.491 e. The van der Waals surface area contributed by atoms with E-state index in [0.717, 1.165) is 65.2 Å². The number of likely N-dealkylation sites (N-methyl/N-ethyl adjacent to an activating group) is 1. The number of carboxylic acid groups (broad SMARTS) is 1. The number of hydrogen-bond acceptors (Lipinski definition) is 4. The molecule has 0 spiro atoms. The van der Waals surface area contributed by atoms with E-state index in [2.05, 4.69) is 80.1 Å². The molecule has 6 heteroatoms. The van der Waals surface area contributed by atoms with Crippen LogP contribution in [0.2, 0.25) is 0 Å². The fourth-order valence-electron chi connectivity index (χ4n) is 5.53. The summed E-state index contributed by atoms with van der Waals surface area (Å²) in [5.41, 5.74) is 6.48. The van der Waals surface area contributed by atoms with E-state index in [1.165, 1.54) is 5.56 Å². The fourth-order valence-corrected chi connectivity index (χ4v) is 5.53. The van der Waals surface area contributed by atoms with Gasteiger partial charge in [0, 0.05) is 49.4 Å². The number of fused-ring (bicyclic) bond motifs is 1. The van der Waals surface area contributed by atoms with Crippen molar-refractivity contribution in [2.45, 2.75) is 52.7 Å². The third-order valence-electron chi connectivity index (χ3n) is 7.80. The van der Waals surface area contributed by atoms with Gasteiger partial charge >= 0.3 is 5.97 Å². The van der Waals surface area contributed by atoms with Crippen LogP contribution < -0.4 is 4.74 Å². The number of aromatic carboxylic acids is 1. The average Bonchev–Trinajstić information content (AvgIpc) is 3.23. The highest BCUT2D eigenvalue weighted by Gasteiger charge is 2.26. The molecule has 1 aliphatic heterocycles. The van der Waals surface area contributed by atoms with Crippen molar-refractivity contribution in [2.24, 2.45) is 0 Å². The highest BCUT2D eigenvalue weighted by atomic mass is 16.5. The quantitative estimate of drug-likeness (QED) is 0.279. The lowest BCUT2D eigenvalue weighted by atomic mass is 9.86. The van der Waals surface area contributed by atoms with Crippen LogP contribution >= 0.6 is 0 Å². The minimum absolute atomic E-state index is 0.0684. The van der Waals surface area contributed by atoms with Gasteiger partial charge in [-0.05, 0) is 79.4 Å². The summed E-state index contributed by atoms with van der Waals surface area (Å²) in [6.45, 7) is 15.0. The van der Waals surface area contributed by atoms with E-state index < -0.39 is 5.97 Å². The molecule has 1 N–H and O–H groups in total. The Hall–Kier alpha value is -3.61. The zero-order chi connectivity index (χ0) is 28.6. The van der Waals surface area contributed by atoms with Crippen molar-refractivity contribution in [3.05, 3.63) is 83.6 Å². The monoisotopic (exact) mass is 539 g/mol. The van der Waals surface area contributed by atoms with Gasteiger partial charge < -0.3 is 19.3 Å². The number of rotatable bonds is 7. The second kappa shape index (κ2) is 11.1. The lowest BCUT2D eigenvalue weighted by Crippen LogP contribution is -2.44. The van der Waals surface area contributed by atoms with Crippen LogP contribution in [0.1, 0.15) is 56.2 Å². The first-order valence-electron chi connectivity index (χ1n) is 14.2. The van der Waals surface area contributed by atoms with Crippen LogP contribution in [0, 0.1) is 0 Å². The van der Waals surface area contributed by atoms with Crippen molar-refractivity contribution in [3.8, 4) is 22.6 Å². The van der Waals surface area contributed by atoms with Gasteiger partial charge in [-0.15, -0.1) is 0 Å². The summed E-state index contributed by atoms with van der Waals surface area (Å²) in [7, 11) is 2.13. The Morgan fingerprint density at radius 1 is 0.900 bits per heavy atom. The summed E-state index contributed by atoms with van der Waals surface area (Å²) >= 11 is 0. The van der Waals surface area contributed by atoms with E-state index in [9.17, 15) is 9.90 Å². The summed E-state index contributed by atoms with van der Waals surface area (Å²) in [5.74, 6) is -0.148. The summed E-state index contributed by atoms with van der Waals surface area (Å²) in [6.07, 6.45) is 0.0684. The molecule has 1 aromatic heterocycles. The molecule has 6 nitrogen and oxygen atoms in total. The highest BCUT2D eigenvalue weighted by molar-refractivity contribution is 6.01. The molecule has 5 rings (SSSR count). The van der Waals surface area contributed by atoms with Gasteiger partial charge in [-0.1, -0.05) is 51.1 Å². The lowest BCUT2D eigenvalue weighted by Gasteiger charge is -2.32. The molecule has 0 unspecified atom stereocenters. The zero-order valence-corrected chi connectivity index (χ0v) is 24.6. The normalized spacial score (nSPS) is 15.2. The number of aromatic nitrogens is 1. The maximum atomic E-state index is 12.9. The van der Waals surface area contributed by atoms with E-state index in [4.69, 9.17) is 4.74 Å². The number of benzene rings is 3. The molecule has 0 saturated carbocycles. The van der Waals surface area contributed by atoms with Crippen LogP contribution in [-0.2, 0) is 12.0 Å². The van der Waals surface area contributed by atoms with E-state index in [-0.39, 0.29) is 11.5 Å². The molecule has 0 atom stereocenters. The minimum atomic E-state index is -0.918. The Morgan fingerprint density at radius 2 is 1.52 bits per heavy atom. The SMILES string of the molecule is CC(C)Oc1ccc(-n2c(C(=O)O)c(CN3CCN(C)CC3)c3cc(-c4ccc(C(C)(C)C)cc4)ccc32)cc1. The van der Waals surface area contributed by atoms with Gasteiger partial charge in [-0.2, -0.15) is 0 Å². The van der Waals surface area contributed by atoms with Gasteiger partial charge in [0.05, 0.1) is 11.6 Å². The highest BCUT2D eigenvalue weighted by Crippen LogP contribution is 2.35. The smallest absolute Gasteiger partial charge is 0.353 e. The van der Waals surface area contributed by atoms with Crippen LogP contribution in [0.25, 0.3) is 27.7 Å². The summed E-state index contributed by atoms with van der Waals surface area (Å²) < 4.78 is 7.74. The molecule has 210 valence electrons. The van der Waals surface area contributed by atoms with Crippen molar-refractivity contribution in [1.29, 1.82) is 0 Å². The average molecular weight is 540 g/mol. The topological polar surface area (TPSA) is 57.9 Å². The third kappa shape index (κ3) is 5.79. The first-order chi connectivity index (χ1) is 19.0. The lowest BCUT2D eigenvalue weighted by molar-refractivity contribution is 0.0685. The zero-order valence-electron chi connectivity index (χ0n) is 24.6. The van der Waals surface area contributed by atoms with Crippen molar-refractivity contribution in [3.63, 3.8) is 0 Å². The van der Waals surface area contributed by atoms with E-state index in [1.807, 2.05) is 42.7 Å². The molecular formula is C34H41N3O3. The van der Waals surface area contributed by atoms with Crippen LogP contribution in [0.3, 0.4) is 0 Å². The summed E-state index contributed by atoms with van der Waals surface area (Å²) in [4.78, 5) is 17.6. The standard InChI is InChI=1S/C34H41N3O3/c1-23(2)40-28-14-12-27(13-15-28)37-31-16-9-25(24-7-10-26(11-8-24)34(3,4)5)21-29(31)30(32(37)33(38)39)22-36-19-17-35(6)18-20-36/h7-16,21,23H,17-20,22H2,1-6H3,(H,38,39). The van der Waals surface area contributed by atoms with Gasteiger partial charge in [-0.25, -0.2) is 4.79 Å². The van der Waals surface area contributed by atoms with Crippen LogP contribution in [0.15, 0.2) is 66.7 Å². The molecule has 4 aromatic rings. The molecule has 1 saturated heterocycles. The molecule has 1 aliphatic rings. The maximum absolute atomic E-state index is 12.9. The van der Waals surface area contributed by atoms with Gasteiger partial charge in [0.2, 0.25) is 0 Å². The Balaban J connectivity index is 1.65. The van der Waals surface area contributed by atoms with E-state index in [0.29, 0.717) is 12.2 Å². The second-order valence-corrected chi connectivity index (χ2v) is 12.3. The first kappa shape index (κ1) is 27.9. The number of carboxylic acids is 1. The molecule has 0 bridgehead atoms. The van der Waals surface area contributed by atoms with Crippen LogP contribution in [0.4, 0.5) is 0 Å². The van der Waals surface area contributed by atoms with Crippen molar-refractivity contribution in [1.82, 2.24) is 14.4 Å². The van der Waals surface area contributed by atoms with Crippen molar-refractivity contribution in [2.75, 3.05) is 33.2 Å². The van der Waals surface area contributed by atoms with Crippen molar-refractivity contribution < 1.29 is 14.6 Å². The van der Waals surface area contributed by atoms with Crippen LogP contribution in [0.5, 0.6) is 5.75 Å². The summed E-state index contributed by atoms with van der Waals surface area (Å²) in [6, 6.07) is 22.8. The molecule has 0 aliphatic carbocycles. The van der Waals surface area contributed by atoms with Crippen molar-refractivity contribution >= 4 is 16.9 Å². The Labute approximate surface area is 237 Å². The molecule has 0 amide bonds. The first-order valence-corrected chi connectivity index (χ1v) is 14.2. The predicted molar refractivity (Wildman–Crippen MR) is 163 cm³/mol. The largest absolute Gasteiger partial charge is 0.491 e. The van der Waals surface area contributed by atoms with Crippen LogP contribution in [-0.4, -0.2) is 64.8 Å². The van der Waals surface area contributed by atoms with Gasteiger partial charge in [0.25, 0.3) is 0 Å². The fraction of sp³-hybridized carbons (Fsp3) is 0.382. The number of carbonyl (C=O) groups is 1. The molecular weight excluding hydrogens is 498 g/mol. The molecule has 40 heavy (non-hydrogen) atoms. The number of nitrogens with zero attached hydrogens (tertiary/aromatic N) is 3. The maximum Gasteiger partial charge on any atom is 0.353 e. The molecule has 0 radical (unpaired) electrons. The Kier molecular flexibility index (Phi) is 7.76. The number of ether oxygens (including phenoxy) is 1. The Bertz CT molecular complexity index is 1490. The van der Waals surface area contributed by atoms with E-state index >= 15 is 0 Å². The molecule has 3 aromatic carbocycles. The predicted octanol–water partition coefficient (Wildman–Crippen LogP) is 6.83. The molecule has 2 heterocycles. The molecule has 1 fully saturated rings.